The number of ether oxygens (including phenoxy) is 2. The number of unbranched alkanes of at least 4 members (excludes halogenated alkanes) is 1. The topological polar surface area (TPSA) is 50.7 Å². The summed E-state index contributed by atoms with van der Waals surface area (Å²) in [7, 11) is 0. The van der Waals surface area contributed by atoms with Gasteiger partial charge in [0.15, 0.2) is 0 Å². The molecule has 4 nitrogen and oxygen atoms in total. The van der Waals surface area contributed by atoms with E-state index in [2.05, 4.69) is 26.1 Å². The Morgan fingerprint density at radius 2 is 1.79 bits per heavy atom. The Labute approximate surface area is 118 Å². The molecular formula is C15H33NO3. The molecular weight excluding hydrogens is 242 g/mol. The lowest BCUT2D eigenvalue weighted by atomic mass is 10.1. The molecule has 0 aliphatic heterocycles. The van der Waals surface area contributed by atoms with Crippen LogP contribution in [0.2, 0.25) is 0 Å². The Balaban J connectivity index is 3.14. The molecule has 2 N–H and O–H groups in total. The number of rotatable bonds is 14. The normalized spacial score (nSPS) is 13.1. The fourth-order valence-corrected chi connectivity index (χ4v) is 1.63. The van der Waals surface area contributed by atoms with Gasteiger partial charge in [-0.15, -0.1) is 0 Å². The van der Waals surface area contributed by atoms with Gasteiger partial charge in [-0.2, -0.15) is 0 Å². The minimum absolute atomic E-state index is 0.418. The molecule has 0 spiro atoms. The van der Waals surface area contributed by atoms with Crippen molar-refractivity contribution in [1.29, 1.82) is 0 Å². The van der Waals surface area contributed by atoms with Crippen LogP contribution in [-0.4, -0.2) is 50.7 Å². The van der Waals surface area contributed by atoms with Crippen LogP contribution in [0.15, 0.2) is 0 Å². The largest absolute Gasteiger partial charge is 0.389 e. The maximum Gasteiger partial charge on any atom is 0.0897 e. The standard InChI is InChI=1S/C15H33NO3/c1-4-5-9-18-11-8-16-12-15(17)13-19-10-6-7-14(2)3/h14-17H,4-13H2,1-3H3. The van der Waals surface area contributed by atoms with Crippen molar-refractivity contribution >= 4 is 0 Å². The van der Waals surface area contributed by atoms with Crippen molar-refractivity contribution in [3.05, 3.63) is 0 Å². The Bertz CT molecular complexity index is 177. The predicted octanol–water partition coefficient (Wildman–Crippen LogP) is 2.21. The van der Waals surface area contributed by atoms with E-state index < -0.39 is 6.10 Å². The Kier molecular flexibility index (Phi) is 14.1. The molecule has 0 fully saturated rings. The first-order chi connectivity index (χ1) is 9.16. The second kappa shape index (κ2) is 14.3. The first kappa shape index (κ1) is 18.8. The summed E-state index contributed by atoms with van der Waals surface area (Å²) < 4.78 is 10.9. The van der Waals surface area contributed by atoms with Crippen molar-refractivity contribution in [1.82, 2.24) is 5.32 Å². The van der Waals surface area contributed by atoms with Gasteiger partial charge in [-0.3, -0.25) is 0 Å². The van der Waals surface area contributed by atoms with E-state index >= 15 is 0 Å². The molecule has 0 aromatic carbocycles. The van der Waals surface area contributed by atoms with Crippen LogP contribution in [0.3, 0.4) is 0 Å². The molecule has 4 heteroatoms. The number of hydrogen-bond acceptors (Lipinski definition) is 4. The maximum atomic E-state index is 9.67. The number of aliphatic hydroxyl groups is 1. The zero-order valence-corrected chi connectivity index (χ0v) is 13.0. The lowest BCUT2D eigenvalue weighted by molar-refractivity contribution is 0.0335. The Morgan fingerprint density at radius 1 is 1.05 bits per heavy atom. The van der Waals surface area contributed by atoms with Gasteiger partial charge in [-0.05, 0) is 25.2 Å². The molecule has 19 heavy (non-hydrogen) atoms. The van der Waals surface area contributed by atoms with E-state index in [0.29, 0.717) is 19.8 Å². The van der Waals surface area contributed by atoms with Crippen LogP contribution in [0.1, 0.15) is 46.5 Å². The molecule has 0 aliphatic rings. The molecule has 0 saturated heterocycles. The van der Waals surface area contributed by atoms with E-state index in [-0.39, 0.29) is 0 Å². The maximum absolute atomic E-state index is 9.67. The van der Waals surface area contributed by atoms with Crippen molar-refractivity contribution in [2.75, 3.05) is 39.5 Å². The minimum atomic E-state index is -0.422. The highest BCUT2D eigenvalue weighted by Crippen LogP contribution is 2.03. The Morgan fingerprint density at radius 3 is 2.47 bits per heavy atom. The fourth-order valence-electron chi connectivity index (χ4n) is 1.63. The third-order valence-corrected chi connectivity index (χ3v) is 2.83. The fraction of sp³-hybridized carbons (Fsp3) is 1.00. The summed E-state index contributed by atoms with van der Waals surface area (Å²) in [5.41, 5.74) is 0. The van der Waals surface area contributed by atoms with Crippen molar-refractivity contribution in [2.24, 2.45) is 5.92 Å². The predicted molar refractivity (Wildman–Crippen MR) is 79.5 cm³/mol. The monoisotopic (exact) mass is 275 g/mol. The molecule has 116 valence electrons. The smallest absolute Gasteiger partial charge is 0.0897 e. The summed E-state index contributed by atoms with van der Waals surface area (Å²) in [5.74, 6) is 0.725. The molecule has 0 aromatic rings. The highest BCUT2D eigenvalue weighted by molar-refractivity contribution is 4.58. The summed E-state index contributed by atoms with van der Waals surface area (Å²) in [6, 6.07) is 0. The molecule has 0 bridgehead atoms. The van der Waals surface area contributed by atoms with Gasteiger partial charge in [-0.1, -0.05) is 27.2 Å². The van der Waals surface area contributed by atoms with E-state index in [4.69, 9.17) is 9.47 Å². The molecule has 1 atom stereocenters. The van der Waals surface area contributed by atoms with Crippen LogP contribution in [-0.2, 0) is 9.47 Å². The molecule has 0 rings (SSSR count). The van der Waals surface area contributed by atoms with Crippen molar-refractivity contribution < 1.29 is 14.6 Å². The first-order valence-corrected chi connectivity index (χ1v) is 7.71. The van der Waals surface area contributed by atoms with Gasteiger partial charge in [-0.25, -0.2) is 0 Å². The minimum Gasteiger partial charge on any atom is -0.389 e. The van der Waals surface area contributed by atoms with Gasteiger partial charge in [0.1, 0.15) is 0 Å². The van der Waals surface area contributed by atoms with Crippen molar-refractivity contribution in [2.45, 2.75) is 52.6 Å². The van der Waals surface area contributed by atoms with Crippen molar-refractivity contribution in [3.8, 4) is 0 Å². The lowest BCUT2D eigenvalue weighted by Crippen LogP contribution is -2.32. The van der Waals surface area contributed by atoms with Crippen LogP contribution in [0.4, 0.5) is 0 Å². The first-order valence-electron chi connectivity index (χ1n) is 7.71. The number of aliphatic hydroxyl groups excluding tert-OH is 1. The average Bonchev–Trinajstić information content (AvgIpc) is 2.37. The van der Waals surface area contributed by atoms with Gasteiger partial charge >= 0.3 is 0 Å². The molecule has 0 saturated carbocycles. The highest BCUT2D eigenvalue weighted by Gasteiger charge is 2.03. The average molecular weight is 275 g/mol. The molecule has 0 aliphatic carbocycles. The number of nitrogens with one attached hydrogen (secondary N) is 1. The van der Waals surface area contributed by atoms with Crippen LogP contribution < -0.4 is 5.32 Å². The summed E-state index contributed by atoms with van der Waals surface area (Å²) in [6.07, 6.45) is 4.12. The van der Waals surface area contributed by atoms with Crippen LogP contribution in [0.5, 0.6) is 0 Å². The molecule has 1 unspecified atom stereocenters. The lowest BCUT2D eigenvalue weighted by Gasteiger charge is -2.13. The van der Waals surface area contributed by atoms with Crippen LogP contribution >= 0.6 is 0 Å². The SMILES string of the molecule is CCCCOCCNCC(O)COCCCC(C)C. The van der Waals surface area contributed by atoms with Crippen LogP contribution in [0.25, 0.3) is 0 Å². The second-order valence-corrected chi connectivity index (χ2v) is 5.43. The van der Waals surface area contributed by atoms with Gasteiger partial charge in [0, 0.05) is 26.3 Å². The van der Waals surface area contributed by atoms with E-state index in [1.807, 2.05) is 0 Å². The van der Waals surface area contributed by atoms with E-state index in [1.165, 1.54) is 12.8 Å². The van der Waals surface area contributed by atoms with E-state index in [1.54, 1.807) is 0 Å². The summed E-state index contributed by atoms with van der Waals surface area (Å²) in [6.45, 7) is 10.6. The molecule has 0 aromatic heterocycles. The number of hydrogen-bond donors (Lipinski definition) is 2. The zero-order valence-electron chi connectivity index (χ0n) is 13.0. The van der Waals surface area contributed by atoms with Gasteiger partial charge in [0.25, 0.3) is 0 Å². The van der Waals surface area contributed by atoms with Gasteiger partial charge in [0.2, 0.25) is 0 Å². The van der Waals surface area contributed by atoms with E-state index in [9.17, 15) is 5.11 Å². The third kappa shape index (κ3) is 15.8. The van der Waals surface area contributed by atoms with Crippen LogP contribution in [0, 0.1) is 5.92 Å². The Hall–Kier alpha value is -0.160. The summed E-state index contributed by atoms with van der Waals surface area (Å²) >= 11 is 0. The van der Waals surface area contributed by atoms with Gasteiger partial charge in [0.05, 0.1) is 19.3 Å². The molecule has 0 radical (unpaired) electrons. The second-order valence-electron chi connectivity index (χ2n) is 5.43. The summed E-state index contributed by atoms with van der Waals surface area (Å²) in [4.78, 5) is 0. The highest BCUT2D eigenvalue weighted by atomic mass is 16.5. The van der Waals surface area contributed by atoms with Crippen molar-refractivity contribution in [3.63, 3.8) is 0 Å². The third-order valence-electron chi connectivity index (χ3n) is 2.83. The quantitative estimate of drug-likeness (QED) is 0.477. The zero-order chi connectivity index (χ0) is 14.3. The summed E-state index contributed by atoms with van der Waals surface area (Å²) in [5, 5.41) is 12.8. The van der Waals surface area contributed by atoms with Gasteiger partial charge < -0.3 is 19.9 Å². The molecule has 0 heterocycles. The molecule has 0 amide bonds. The van der Waals surface area contributed by atoms with E-state index in [0.717, 1.165) is 38.5 Å².